The van der Waals surface area contributed by atoms with Crippen LogP contribution in [0.3, 0.4) is 0 Å². The Morgan fingerprint density at radius 2 is 2.04 bits per heavy atom. The smallest absolute Gasteiger partial charge is 0.425 e. The number of nitrogens with one attached hydrogen (secondary N) is 2. The van der Waals surface area contributed by atoms with Gasteiger partial charge in [0.15, 0.2) is 0 Å². The Morgan fingerprint density at radius 3 is 2.54 bits per heavy atom. The van der Waals surface area contributed by atoms with Gasteiger partial charge in [0, 0.05) is 18.1 Å². The molecule has 1 aromatic rings. The van der Waals surface area contributed by atoms with E-state index in [1.54, 1.807) is 5.32 Å². The molecule has 2 amide bonds. The summed E-state index contributed by atoms with van der Waals surface area (Å²) in [7, 11) is 0.871. The van der Waals surface area contributed by atoms with Crippen molar-refractivity contribution < 1.29 is 32.3 Å². The van der Waals surface area contributed by atoms with Gasteiger partial charge in [0.05, 0.1) is 12.7 Å². The molecule has 1 atom stereocenters. The average molecular weight is 343 g/mol. The summed E-state index contributed by atoms with van der Waals surface area (Å²) < 4.78 is 45.5. The number of hydrogen-bond acceptors (Lipinski definition) is 5. The molecule has 0 saturated carbocycles. The molecule has 2 N–H and O–H groups in total. The molecule has 0 unspecified atom stereocenters. The fourth-order valence-corrected chi connectivity index (χ4v) is 2.33. The molecule has 7 nitrogen and oxygen atoms in total. The number of alkyl halides is 3. The normalized spacial score (nSPS) is 20.6. The van der Waals surface area contributed by atoms with Crippen LogP contribution in [-0.4, -0.2) is 41.6 Å². The lowest BCUT2D eigenvalue weighted by Crippen LogP contribution is -2.66. The van der Waals surface area contributed by atoms with Gasteiger partial charge in [-0.2, -0.15) is 13.2 Å². The number of halogens is 3. The molecule has 10 heteroatoms. The van der Waals surface area contributed by atoms with Gasteiger partial charge in [-0.15, -0.1) is 0 Å². The largest absolute Gasteiger partial charge is 0.466 e. The fraction of sp³-hybridized carbons (Fsp3) is 0.286. The van der Waals surface area contributed by atoms with Gasteiger partial charge in [0.1, 0.15) is 5.57 Å². The van der Waals surface area contributed by atoms with Crippen molar-refractivity contribution in [2.24, 2.45) is 0 Å². The predicted octanol–water partition coefficient (Wildman–Crippen LogP) is 0.689. The highest BCUT2D eigenvalue weighted by molar-refractivity contribution is 6.11. The lowest BCUT2D eigenvalue weighted by atomic mass is 9.89. The molecule has 0 aromatic carbocycles. The van der Waals surface area contributed by atoms with E-state index in [2.05, 4.69) is 9.72 Å². The van der Waals surface area contributed by atoms with E-state index in [4.69, 9.17) is 0 Å². The molecule has 24 heavy (non-hydrogen) atoms. The summed E-state index contributed by atoms with van der Waals surface area (Å²) in [6.07, 6.45) is -2.93. The second-order valence-electron chi connectivity index (χ2n) is 4.89. The number of carbonyl (C=O) groups is 3. The lowest BCUT2D eigenvalue weighted by molar-refractivity contribution is -0.188. The van der Waals surface area contributed by atoms with Gasteiger partial charge in [0.25, 0.3) is 11.8 Å². The summed E-state index contributed by atoms with van der Waals surface area (Å²) in [6.45, 7) is 1.11. The number of pyridine rings is 1. The van der Waals surface area contributed by atoms with Crippen LogP contribution < -0.4 is 10.6 Å². The fourth-order valence-electron chi connectivity index (χ4n) is 2.33. The number of ether oxygens (including phenoxy) is 1. The lowest BCUT2D eigenvalue weighted by Gasteiger charge is -2.31. The van der Waals surface area contributed by atoms with E-state index in [-0.39, 0.29) is 11.3 Å². The van der Waals surface area contributed by atoms with Crippen LogP contribution in [0.1, 0.15) is 17.3 Å². The van der Waals surface area contributed by atoms with Crippen molar-refractivity contribution in [3.8, 4) is 0 Å². The molecule has 2 heterocycles. The average Bonchev–Trinajstić information content (AvgIpc) is 2.78. The highest BCUT2D eigenvalue weighted by Gasteiger charge is 2.69. The van der Waals surface area contributed by atoms with Gasteiger partial charge < -0.3 is 15.4 Å². The van der Waals surface area contributed by atoms with E-state index in [1.165, 1.54) is 18.3 Å². The Labute approximate surface area is 133 Å². The second-order valence-corrected chi connectivity index (χ2v) is 4.89. The highest BCUT2D eigenvalue weighted by Crippen LogP contribution is 2.41. The van der Waals surface area contributed by atoms with Crippen LogP contribution in [0.4, 0.5) is 13.2 Å². The molecule has 128 valence electrons. The van der Waals surface area contributed by atoms with Crippen molar-refractivity contribution in [1.29, 1.82) is 0 Å². The van der Waals surface area contributed by atoms with Crippen molar-refractivity contribution in [2.45, 2.75) is 18.6 Å². The monoisotopic (exact) mass is 343 g/mol. The van der Waals surface area contributed by atoms with Gasteiger partial charge in [-0.1, -0.05) is 0 Å². The summed E-state index contributed by atoms with van der Waals surface area (Å²) in [5.74, 6) is -4.19. The number of methoxy groups -OCH3 is 1. The Balaban J connectivity index is 2.57. The van der Waals surface area contributed by atoms with Crippen LogP contribution in [0.25, 0.3) is 0 Å². The summed E-state index contributed by atoms with van der Waals surface area (Å²) in [6, 6.07) is 2.56. The number of hydrogen-bond donors (Lipinski definition) is 2. The van der Waals surface area contributed by atoms with Crippen molar-refractivity contribution in [2.75, 3.05) is 7.11 Å². The molecule has 0 spiro atoms. The topological polar surface area (TPSA) is 97.4 Å². The molecule has 1 aliphatic heterocycles. The van der Waals surface area contributed by atoms with Crippen LogP contribution in [0.15, 0.2) is 35.8 Å². The molecule has 0 saturated heterocycles. The third kappa shape index (κ3) is 2.59. The molecular formula is C14H12F3N3O4. The van der Waals surface area contributed by atoms with E-state index in [0.29, 0.717) is 0 Å². The van der Waals surface area contributed by atoms with Gasteiger partial charge in [-0.25, -0.2) is 4.79 Å². The summed E-state index contributed by atoms with van der Waals surface area (Å²) >= 11 is 0. The number of allylic oxidation sites excluding steroid dienone is 1. The maximum Gasteiger partial charge on any atom is 0.425 e. The first-order chi connectivity index (χ1) is 11.1. The van der Waals surface area contributed by atoms with Crippen LogP contribution >= 0.6 is 0 Å². The number of carbonyl (C=O) groups excluding carboxylic acids is 3. The van der Waals surface area contributed by atoms with E-state index < -0.39 is 35.1 Å². The quantitative estimate of drug-likeness (QED) is 0.787. The van der Waals surface area contributed by atoms with Crippen molar-refractivity contribution in [1.82, 2.24) is 15.6 Å². The zero-order valence-electron chi connectivity index (χ0n) is 12.5. The minimum absolute atomic E-state index is 0.206. The Kier molecular flexibility index (Phi) is 4.32. The van der Waals surface area contributed by atoms with Crippen LogP contribution in [0, 0.1) is 0 Å². The van der Waals surface area contributed by atoms with E-state index in [9.17, 15) is 27.6 Å². The molecule has 0 bridgehead atoms. The third-order valence-electron chi connectivity index (χ3n) is 3.43. The van der Waals surface area contributed by atoms with Gasteiger partial charge in [0.2, 0.25) is 5.54 Å². The van der Waals surface area contributed by atoms with Crippen molar-refractivity contribution >= 4 is 17.8 Å². The number of rotatable bonds is 3. The number of aromatic nitrogens is 1. The van der Waals surface area contributed by atoms with E-state index in [1.807, 2.05) is 5.32 Å². The summed E-state index contributed by atoms with van der Waals surface area (Å²) in [5.41, 5.74) is -5.12. The Morgan fingerprint density at radius 1 is 1.38 bits per heavy atom. The minimum Gasteiger partial charge on any atom is -0.466 e. The van der Waals surface area contributed by atoms with Gasteiger partial charge in [-0.3, -0.25) is 14.6 Å². The van der Waals surface area contributed by atoms with Crippen LogP contribution in [-0.2, 0) is 14.3 Å². The number of amides is 2. The second kappa shape index (κ2) is 5.95. The number of esters is 1. The maximum absolute atomic E-state index is 13.7. The maximum atomic E-state index is 13.7. The Bertz CT molecular complexity index is 731. The number of nitrogens with zero attached hydrogens (tertiary/aromatic N) is 1. The molecule has 2 rings (SSSR count). The molecule has 0 fully saturated rings. The first-order valence-corrected chi connectivity index (χ1v) is 6.55. The Hall–Kier alpha value is -2.91. The molecular weight excluding hydrogens is 331 g/mol. The SMILES string of the molecule is COC(=O)C1=C(C)NC(=O)[C@@]1(NC(=O)c1cccnc1)C(F)(F)F. The predicted molar refractivity (Wildman–Crippen MR) is 73.3 cm³/mol. The van der Waals surface area contributed by atoms with Gasteiger partial charge in [-0.05, 0) is 19.1 Å². The third-order valence-corrected chi connectivity index (χ3v) is 3.43. The van der Waals surface area contributed by atoms with Gasteiger partial charge >= 0.3 is 12.1 Å². The highest BCUT2D eigenvalue weighted by atomic mass is 19.4. The molecule has 0 aliphatic carbocycles. The minimum atomic E-state index is -5.28. The zero-order valence-corrected chi connectivity index (χ0v) is 12.5. The van der Waals surface area contributed by atoms with E-state index >= 15 is 0 Å². The van der Waals surface area contributed by atoms with Crippen molar-refractivity contribution in [3.05, 3.63) is 41.4 Å². The molecule has 1 aromatic heterocycles. The summed E-state index contributed by atoms with van der Waals surface area (Å²) in [5, 5.41) is 3.55. The molecule has 0 radical (unpaired) electrons. The first kappa shape index (κ1) is 17.4. The van der Waals surface area contributed by atoms with E-state index in [0.717, 1.165) is 20.2 Å². The summed E-state index contributed by atoms with van der Waals surface area (Å²) in [4.78, 5) is 39.6. The molecule has 1 aliphatic rings. The van der Waals surface area contributed by atoms with Crippen LogP contribution in [0.5, 0.6) is 0 Å². The standard InChI is InChI=1S/C14H12F3N3O4/c1-7-9(11(22)24-2)13(12(23)19-7,14(15,16)17)20-10(21)8-4-3-5-18-6-8/h3-6H,1-2H3,(H,19,23)(H,20,21)/t13-/m1/s1. The first-order valence-electron chi connectivity index (χ1n) is 6.55. The van der Waals surface area contributed by atoms with Crippen molar-refractivity contribution in [3.63, 3.8) is 0 Å². The van der Waals surface area contributed by atoms with Crippen LogP contribution in [0.2, 0.25) is 0 Å². The zero-order chi connectivity index (χ0) is 18.1.